The predicted molar refractivity (Wildman–Crippen MR) is 105 cm³/mol. The molecule has 0 spiro atoms. The van der Waals surface area contributed by atoms with Gasteiger partial charge in [-0.3, -0.25) is 9.20 Å². The molecule has 1 N–H and O–H groups in total. The van der Waals surface area contributed by atoms with Crippen LogP contribution in [0.4, 0.5) is 5.82 Å². The van der Waals surface area contributed by atoms with Crippen LogP contribution in [0.15, 0.2) is 42.6 Å². The number of nitrogens with one attached hydrogen (secondary N) is 1. The molecular weight excluding hydrogens is 322 g/mol. The zero-order valence-corrected chi connectivity index (χ0v) is 15.5. The molecule has 2 heterocycles. The first-order valence-electron chi connectivity index (χ1n) is 9.48. The molecule has 3 aromatic rings. The Balaban J connectivity index is 1.77. The van der Waals surface area contributed by atoms with Crippen molar-refractivity contribution in [1.29, 1.82) is 0 Å². The van der Waals surface area contributed by atoms with Gasteiger partial charge in [0, 0.05) is 17.7 Å². The van der Waals surface area contributed by atoms with Crippen molar-refractivity contribution in [2.45, 2.75) is 46.0 Å². The average molecular weight is 347 g/mol. The van der Waals surface area contributed by atoms with Crippen molar-refractivity contribution in [2.24, 2.45) is 5.92 Å². The van der Waals surface area contributed by atoms with E-state index in [1.54, 1.807) is 0 Å². The third kappa shape index (κ3) is 3.24. The Hall–Kier alpha value is -2.62. The van der Waals surface area contributed by atoms with Crippen LogP contribution in [-0.4, -0.2) is 15.3 Å². The van der Waals surface area contributed by atoms with Crippen LogP contribution in [0.1, 0.15) is 43.2 Å². The van der Waals surface area contributed by atoms with Gasteiger partial charge in [-0.25, -0.2) is 4.98 Å². The Kier molecular flexibility index (Phi) is 4.49. The molecule has 0 unspecified atom stereocenters. The van der Waals surface area contributed by atoms with E-state index in [-0.39, 0.29) is 11.8 Å². The second kappa shape index (κ2) is 6.94. The monoisotopic (exact) mass is 347 g/mol. The number of fused-ring (bicyclic) bond motifs is 1. The van der Waals surface area contributed by atoms with Crippen molar-refractivity contribution < 1.29 is 4.79 Å². The van der Waals surface area contributed by atoms with E-state index in [0.717, 1.165) is 54.0 Å². The van der Waals surface area contributed by atoms with Gasteiger partial charge in [0.1, 0.15) is 17.2 Å². The number of hydrogen-bond donors (Lipinski definition) is 1. The molecule has 2 aromatic heterocycles. The maximum atomic E-state index is 12.9. The fourth-order valence-corrected chi connectivity index (χ4v) is 3.77. The molecule has 1 aliphatic carbocycles. The van der Waals surface area contributed by atoms with Crippen LogP contribution >= 0.6 is 0 Å². The molecule has 1 aromatic carbocycles. The van der Waals surface area contributed by atoms with Gasteiger partial charge < -0.3 is 5.32 Å². The van der Waals surface area contributed by atoms with Gasteiger partial charge in [0.25, 0.3) is 0 Å². The Labute approximate surface area is 154 Å². The second-order valence-electron chi connectivity index (χ2n) is 7.43. The molecule has 4 rings (SSSR count). The summed E-state index contributed by atoms with van der Waals surface area (Å²) in [7, 11) is 0. The number of hydrogen-bond acceptors (Lipinski definition) is 2. The van der Waals surface area contributed by atoms with Crippen molar-refractivity contribution in [3.8, 4) is 11.3 Å². The van der Waals surface area contributed by atoms with Crippen LogP contribution in [0.5, 0.6) is 0 Å². The lowest BCUT2D eigenvalue weighted by Gasteiger charge is -2.21. The number of pyridine rings is 1. The minimum atomic E-state index is 0.116. The van der Waals surface area contributed by atoms with Gasteiger partial charge in [0.05, 0.1) is 0 Å². The van der Waals surface area contributed by atoms with E-state index in [9.17, 15) is 4.79 Å². The van der Waals surface area contributed by atoms with Crippen LogP contribution in [0.2, 0.25) is 0 Å². The fourth-order valence-electron chi connectivity index (χ4n) is 3.77. The smallest absolute Gasteiger partial charge is 0.228 e. The van der Waals surface area contributed by atoms with Gasteiger partial charge >= 0.3 is 0 Å². The molecule has 0 aliphatic heterocycles. The number of nitrogens with zero attached hydrogens (tertiary/aromatic N) is 2. The highest BCUT2D eigenvalue weighted by Gasteiger charge is 2.24. The van der Waals surface area contributed by atoms with Crippen LogP contribution in [0.3, 0.4) is 0 Å². The average Bonchev–Trinajstić information content (AvgIpc) is 3.01. The number of benzene rings is 1. The lowest BCUT2D eigenvalue weighted by Crippen LogP contribution is -2.25. The zero-order chi connectivity index (χ0) is 18.1. The summed E-state index contributed by atoms with van der Waals surface area (Å²) in [6.07, 6.45) is 7.55. The summed E-state index contributed by atoms with van der Waals surface area (Å²) in [4.78, 5) is 17.7. The molecule has 26 heavy (non-hydrogen) atoms. The summed E-state index contributed by atoms with van der Waals surface area (Å²) < 4.78 is 2.01. The number of amides is 1. The number of anilines is 1. The maximum Gasteiger partial charge on any atom is 0.228 e. The van der Waals surface area contributed by atoms with Crippen LogP contribution in [0.25, 0.3) is 16.9 Å². The van der Waals surface area contributed by atoms with Crippen molar-refractivity contribution in [3.63, 3.8) is 0 Å². The third-order valence-corrected chi connectivity index (χ3v) is 5.31. The van der Waals surface area contributed by atoms with E-state index < -0.39 is 0 Å². The van der Waals surface area contributed by atoms with Gasteiger partial charge in [0.15, 0.2) is 0 Å². The first-order valence-corrected chi connectivity index (χ1v) is 9.48. The first kappa shape index (κ1) is 16.8. The minimum Gasteiger partial charge on any atom is -0.310 e. The quantitative estimate of drug-likeness (QED) is 0.713. The number of carbonyl (C=O) groups excluding carboxylic acids is 1. The normalized spacial score (nSPS) is 15.3. The molecule has 4 heteroatoms. The second-order valence-corrected chi connectivity index (χ2v) is 7.43. The largest absolute Gasteiger partial charge is 0.310 e. The summed E-state index contributed by atoms with van der Waals surface area (Å²) >= 11 is 0. The van der Waals surface area contributed by atoms with E-state index in [2.05, 4.69) is 43.4 Å². The summed E-state index contributed by atoms with van der Waals surface area (Å²) in [6, 6.07) is 12.4. The lowest BCUT2D eigenvalue weighted by atomic mass is 9.88. The molecule has 1 amide bonds. The van der Waals surface area contributed by atoms with Gasteiger partial charge in [0.2, 0.25) is 5.91 Å². The zero-order valence-electron chi connectivity index (χ0n) is 15.5. The fraction of sp³-hybridized carbons (Fsp3) is 0.364. The van der Waals surface area contributed by atoms with Crippen molar-refractivity contribution in [1.82, 2.24) is 9.38 Å². The van der Waals surface area contributed by atoms with Gasteiger partial charge in [-0.2, -0.15) is 0 Å². The van der Waals surface area contributed by atoms with Crippen LogP contribution in [-0.2, 0) is 4.79 Å². The Morgan fingerprint density at radius 1 is 1.00 bits per heavy atom. The number of aromatic nitrogens is 2. The van der Waals surface area contributed by atoms with Crippen molar-refractivity contribution in [2.75, 3.05) is 5.32 Å². The molecular formula is C22H25N3O. The van der Waals surface area contributed by atoms with E-state index in [4.69, 9.17) is 4.98 Å². The maximum absolute atomic E-state index is 12.9. The topological polar surface area (TPSA) is 46.4 Å². The lowest BCUT2D eigenvalue weighted by molar-refractivity contribution is -0.120. The molecule has 4 nitrogen and oxygen atoms in total. The Bertz CT molecular complexity index is 934. The van der Waals surface area contributed by atoms with E-state index >= 15 is 0 Å². The minimum absolute atomic E-state index is 0.116. The van der Waals surface area contributed by atoms with Crippen LogP contribution < -0.4 is 5.32 Å². The van der Waals surface area contributed by atoms with Crippen molar-refractivity contribution >= 4 is 17.4 Å². The highest BCUT2D eigenvalue weighted by atomic mass is 16.2. The summed E-state index contributed by atoms with van der Waals surface area (Å²) in [5, 5.41) is 3.21. The van der Waals surface area contributed by atoms with Crippen LogP contribution in [0, 0.1) is 19.8 Å². The van der Waals surface area contributed by atoms with E-state index in [1.807, 2.05) is 22.7 Å². The Morgan fingerprint density at radius 2 is 1.69 bits per heavy atom. The molecule has 1 fully saturated rings. The van der Waals surface area contributed by atoms with Gasteiger partial charge in [-0.1, -0.05) is 55.2 Å². The Morgan fingerprint density at radius 3 is 2.42 bits per heavy atom. The first-order chi connectivity index (χ1) is 12.6. The molecule has 0 bridgehead atoms. The highest BCUT2D eigenvalue weighted by molar-refractivity contribution is 5.96. The number of rotatable bonds is 3. The predicted octanol–water partition coefficient (Wildman–Crippen LogP) is 5.14. The van der Waals surface area contributed by atoms with E-state index in [0.29, 0.717) is 0 Å². The van der Waals surface area contributed by atoms with Gasteiger partial charge in [-0.05, 0) is 38.3 Å². The SMILES string of the molecule is Cc1ccc(-c2nc3ccc(C)cn3c2NC(=O)C2CCCCC2)cc1. The number of imidazole rings is 1. The third-order valence-electron chi connectivity index (χ3n) is 5.31. The summed E-state index contributed by atoms with van der Waals surface area (Å²) in [6.45, 7) is 4.13. The summed E-state index contributed by atoms with van der Waals surface area (Å²) in [5.74, 6) is 1.02. The van der Waals surface area contributed by atoms with E-state index in [1.165, 1.54) is 12.0 Å². The van der Waals surface area contributed by atoms with Crippen molar-refractivity contribution in [3.05, 3.63) is 53.7 Å². The molecule has 0 saturated heterocycles. The highest BCUT2D eigenvalue weighted by Crippen LogP contribution is 2.31. The standard InChI is InChI=1S/C22H25N3O/c1-15-8-11-17(12-9-15)20-21(24-22(26)18-6-4-3-5-7-18)25-14-16(2)10-13-19(25)23-20/h8-14,18H,3-7H2,1-2H3,(H,24,26). The molecule has 134 valence electrons. The molecule has 0 radical (unpaired) electrons. The number of aryl methyl sites for hydroxylation is 2. The number of carbonyl (C=O) groups is 1. The summed E-state index contributed by atoms with van der Waals surface area (Å²) in [5.41, 5.74) is 5.06. The molecule has 1 aliphatic rings. The molecule has 0 atom stereocenters. The van der Waals surface area contributed by atoms with Gasteiger partial charge in [-0.15, -0.1) is 0 Å². The molecule has 1 saturated carbocycles.